The van der Waals surface area contributed by atoms with Crippen molar-refractivity contribution in [3.8, 4) is 11.1 Å². The average Bonchev–Trinajstić information content (AvgIpc) is 2.66. The molecule has 0 aromatic heterocycles. The molecule has 3 rings (SSSR count). The second-order valence-electron chi connectivity index (χ2n) is 5.87. The van der Waals surface area contributed by atoms with E-state index in [1.54, 1.807) is 18.2 Å². The molecule has 0 saturated heterocycles. The SMILES string of the molecule is [2H]C([2H])([2H])c1cc(-c2ccccc2)c(C(=O)NCCCC)c2ccccc12. The highest BCUT2D eigenvalue weighted by Crippen LogP contribution is 2.32. The summed E-state index contributed by atoms with van der Waals surface area (Å²) in [6.07, 6.45) is 1.89. The van der Waals surface area contributed by atoms with Gasteiger partial charge >= 0.3 is 0 Å². The monoisotopic (exact) mass is 320 g/mol. The van der Waals surface area contributed by atoms with Gasteiger partial charge in [0.1, 0.15) is 0 Å². The molecule has 3 aromatic carbocycles. The van der Waals surface area contributed by atoms with Gasteiger partial charge in [-0.1, -0.05) is 67.9 Å². The van der Waals surface area contributed by atoms with Crippen molar-refractivity contribution in [1.82, 2.24) is 5.32 Å². The summed E-state index contributed by atoms with van der Waals surface area (Å²) in [4.78, 5) is 13.0. The van der Waals surface area contributed by atoms with Crippen molar-refractivity contribution in [2.75, 3.05) is 6.54 Å². The third kappa shape index (κ3) is 3.18. The molecule has 0 saturated carbocycles. The summed E-state index contributed by atoms with van der Waals surface area (Å²) in [5, 5.41) is 4.24. The van der Waals surface area contributed by atoms with E-state index >= 15 is 0 Å². The highest BCUT2D eigenvalue weighted by molar-refractivity contribution is 6.13. The Balaban J connectivity index is 2.29. The van der Waals surface area contributed by atoms with E-state index in [9.17, 15) is 4.79 Å². The van der Waals surface area contributed by atoms with Crippen LogP contribution >= 0.6 is 0 Å². The van der Waals surface area contributed by atoms with Gasteiger partial charge in [-0.25, -0.2) is 0 Å². The molecule has 0 aliphatic carbocycles. The van der Waals surface area contributed by atoms with Gasteiger partial charge in [-0.3, -0.25) is 4.79 Å². The van der Waals surface area contributed by atoms with Crippen molar-refractivity contribution >= 4 is 16.7 Å². The quantitative estimate of drug-likeness (QED) is 0.631. The first-order chi connectivity index (χ1) is 12.9. The molecule has 1 amide bonds. The number of benzene rings is 3. The fourth-order valence-electron chi connectivity index (χ4n) is 2.93. The Bertz CT molecular complexity index is 949. The minimum absolute atomic E-state index is 0.171. The highest BCUT2D eigenvalue weighted by atomic mass is 16.1. The molecule has 122 valence electrons. The lowest BCUT2D eigenvalue weighted by molar-refractivity contribution is 0.0955. The van der Waals surface area contributed by atoms with Gasteiger partial charge in [-0.05, 0) is 46.8 Å². The number of fused-ring (bicyclic) bond motifs is 1. The van der Waals surface area contributed by atoms with Crippen LogP contribution in [0.3, 0.4) is 0 Å². The van der Waals surface area contributed by atoms with Crippen LogP contribution in [0.5, 0.6) is 0 Å². The minimum atomic E-state index is -2.26. The van der Waals surface area contributed by atoms with E-state index < -0.39 is 6.85 Å². The fourth-order valence-corrected chi connectivity index (χ4v) is 2.93. The predicted molar refractivity (Wildman–Crippen MR) is 101 cm³/mol. The second kappa shape index (κ2) is 7.31. The van der Waals surface area contributed by atoms with Crippen molar-refractivity contribution in [3.63, 3.8) is 0 Å². The van der Waals surface area contributed by atoms with Gasteiger partial charge < -0.3 is 5.32 Å². The third-order valence-electron chi connectivity index (χ3n) is 4.17. The van der Waals surface area contributed by atoms with Crippen molar-refractivity contribution in [3.05, 3.63) is 71.8 Å². The van der Waals surface area contributed by atoms with E-state index in [2.05, 4.69) is 12.2 Å². The normalized spacial score (nSPS) is 13.1. The largest absolute Gasteiger partial charge is 0.352 e. The predicted octanol–water partition coefficient (Wildman–Crippen LogP) is 5.35. The van der Waals surface area contributed by atoms with Crippen LogP contribution in [-0.2, 0) is 0 Å². The van der Waals surface area contributed by atoms with Crippen LogP contribution < -0.4 is 5.32 Å². The van der Waals surface area contributed by atoms with Gasteiger partial charge in [0.2, 0.25) is 0 Å². The molecule has 0 bridgehead atoms. The van der Waals surface area contributed by atoms with Crippen molar-refractivity contribution in [2.45, 2.75) is 26.6 Å². The minimum Gasteiger partial charge on any atom is -0.352 e. The first-order valence-electron chi connectivity index (χ1n) is 9.83. The molecule has 0 heterocycles. The van der Waals surface area contributed by atoms with Crippen molar-refractivity contribution < 1.29 is 8.91 Å². The summed E-state index contributed by atoms with van der Waals surface area (Å²) in [6, 6.07) is 18.4. The maximum absolute atomic E-state index is 13.0. The fraction of sp³-hybridized carbons (Fsp3) is 0.227. The number of carbonyl (C=O) groups is 1. The topological polar surface area (TPSA) is 29.1 Å². The molecule has 2 heteroatoms. The average molecular weight is 320 g/mol. The Hall–Kier alpha value is -2.61. The zero-order valence-electron chi connectivity index (χ0n) is 16.8. The Kier molecular flexibility index (Phi) is 3.89. The molecule has 0 aliphatic heterocycles. The van der Waals surface area contributed by atoms with Gasteiger partial charge in [0.15, 0.2) is 0 Å². The Morgan fingerprint density at radius 2 is 1.75 bits per heavy atom. The zero-order chi connectivity index (χ0) is 19.4. The van der Waals surface area contributed by atoms with Gasteiger partial charge in [0.05, 0.1) is 5.56 Å². The maximum Gasteiger partial charge on any atom is 0.252 e. The summed E-state index contributed by atoms with van der Waals surface area (Å²) >= 11 is 0. The van der Waals surface area contributed by atoms with E-state index in [1.807, 2.05) is 42.5 Å². The van der Waals surface area contributed by atoms with Crippen LogP contribution in [0.25, 0.3) is 21.9 Å². The lowest BCUT2D eigenvalue weighted by atomic mass is 9.91. The smallest absolute Gasteiger partial charge is 0.252 e. The van der Waals surface area contributed by atoms with Gasteiger partial charge in [-0.15, -0.1) is 0 Å². The number of unbranched alkanes of at least 4 members (excludes halogenated alkanes) is 1. The molecule has 2 nitrogen and oxygen atoms in total. The van der Waals surface area contributed by atoms with Gasteiger partial charge in [0.25, 0.3) is 5.91 Å². The van der Waals surface area contributed by atoms with E-state index in [4.69, 9.17) is 4.11 Å². The lowest BCUT2D eigenvalue weighted by Crippen LogP contribution is -2.25. The molecule has 0 fully saturated rings. The number of amides is 1. The van der Waals surface area contributed by atoms with Crippen molar-refractivity contribution in [2.24, 2.45) is 0 Å². The molecule has 0 spiro atoms. The van der Waals surface area contributed by atoms with E-state index in [0.29, 0.717) is 28.4 Å². The lowest BCUT2D eigenvalue weighted by Gasteiger charge is -2.15. The Morgan fingerprint density at radius 1 is 1.04 bits per heavy atom. The first kappa shape index (κ1) is 12.8. The Labute approximate surface area is 147 Å². The molecule has 0 aliphatic rings. The van der Waals surface area contributed by atoms with Gasteiger partial charge in [0, 0.05) is 10.7 Å². The van der Waals surface area contributed by atoms with E-state index in [1.165, 1.54) is 0 Å². The van der Waals surface area contributed by atoms with Crippen LogP contribution in [0, 0.1) is 6.85 Å². The van der Waals surface area contributed by atoms with Crippen LogP contribution in [0.1, 0.15) is 39.8 Å². The summed E-state index contributed by atoms with van der Waals surface area (Å²) < 4.78 is 23.9. The molecular formula is C22H23NO. The molecule has 24 heavy (non-hydrogen) atoms. The van der Waals surface area contributed by atoms with Crippen LogP contribution in [0.15, 0.2) is 60.7 Å². The summed E-state index contributed by atoms with van der Waals surface area (Å²) in [5.74, 6) is -0.171. The number of aryl methyl sites for hydroxylation is 1. The third-order valence-corrected chi connectivity index (χ3v) is 4.17. The summed E-state index contributed by atoms with van der Waals surface area (Å²) in [6.45, 7) is 0.404. The first-order valence-corrected chi connectivity index (χ1v) is 8.33. The maximum atomic E-state index is 13.0. The molecule has 0 unspecified atom stereocenters. The second-order valence-corrected chi connectivity index (χ2v) is 5.87. The Morgan fingerprint density at radius 3 is 2.46 bits per heavy atom. The standard InChI is InChI=1S/C22H23NO/c1-3-4-14-23-22(24)21-19-13-9-8-12-18(19)16(2)15-20(21)17-10-6-5-7-11-17/h5-13,15H,3-4,14H2,1-2H3,(H,23,24)/i2D3. The van der Waals surface area contributed by atoms with Crippen molar-refractivity contribution in [1.29, 1.82) is 0 Å². The molecular weight excluding hydrogens is 294 g/mol. The van der Waals surface area contributed by atoms with E-state index in [0.717, 1.165) is 18.4 Å². The molecule has 0 radical (unpaired) electrons. The number of rotatable bonds is 5. The summed E-state index contributed by atoms with van der Waals surface area (Å²) in [5.41, 5.74) is 2.27. The summed E-state index contributed by atoms with van der Waals surface area (Å²) in [7, 11) is 0. The van der Waals surface area contributed by atoms with E-state index in [-0.39, 0.29) is 11.5 Å². The number of carbonyl (C=O) groups excluding carboxylic acids is 1. The molecule has 0 atom stereocenters. The van der Waals surface area contributed by atoms with Gasteiger partial charge in [-0.2, -0.15) is 0 Å². The van der Waals surface area contributed by atoms with Crippen LogP contribution in [-0.4, -0.2) is 12.5 Å². The number of hydrogen-bond donors (Lipinski definition) is 1. The zero-order valence-corrected chi connectivity index (χ0v) is 13.8. The van der Waals surface area contributed by atoms with Crippen LogP contribution in [0.4, 0.5) is 0 Å². The highest BCUT2D eigenvalue weighted by Gasteiger charge is 2.17. The molecule has 1 N–H and O–H groups in total. The molecule has 3 aromatic rings. The van der Waals surface area contributed by atoms with Crippen LogP contribution in [0.2, 0.25) is 0 Å². The number of hydrogen-bond acceptors (Lipinski definition) is 1. The number of nitrogens with one attached hydrogen (secondary N) is 1.